The fraction of sp³-hybridized carbons (Fsp3) is 0.933. The van der Waals surface area contributed by atoms with Gasteiger partial charge in [0.05, 0.1) is 6.61 Å². The minimum absolute atomic E-state index is 0.137. The third-order valence-corrected chi connectivity index (χ3v) is 4.40. The number of nitrogens with one attached hydrogen (secondary N) is 1. The third kappa shape index (κ3) is 4.46. The van der Waals surface area contributed by atoms with Crippen LogP contribution in [-0.4, -0.2) is 49.2 Å². The maximum atomic E-state index is 12.0. The summed E-state index contributed by atoms with van der Waals surface area (Å²) in [6.07, 6.45) is 5.93. The van der Waals surface area contributed by atoms with E-state index in [4.69, 9.17) is 4.74 Å². The highest BCUT2D eigenvalue weighted by Gasteiger charge is 2.34. The molecule has 0 aromatic rings. The van der Waals surface area contributed by atoms with Crippen LogP contribution in [0.1, 0.15) is 52.9 Å². The highest BCUT2D eigenvalue weighted by molar-refractivity contribution is 5.80. The van der Waals surface area contributed by atoms with Gasteiger partial charge in [0.15, 0.2) is 0 Å². The van der Waals surface area contributed by atoms with Crippen LogP contribution in [0.25, 0.3) is 0 Å². The van der Waals surface area contributed by atoms with Gasteiger partial charge < -0.3 is 15.0 Å². The Balaban J connectivity index is 2.53. The van der Waals surface area contributed by atoms with E-state index in [2.05, 4.69) is 17.1 Å². The van der Waals surface area contributed by atoms with Gasteiger partial charge in [0.25, 0.3) is 0 Å². The predicted molar refractivity (Wildman–Crippen MR) is 78.2 cm³/mol. The monoisotopic (exact) mass is 270 g/mol. The summed E-state index contributed by atoms with van der Waals surface area (Å²) in [4.78, 5) is 14.6. The van der Waals surface area contributed by atoms with E-state index in [-0.39, 0.29) is 5.97 Å². The van der Waals surface area contributed by atoms with Gasteiger partial charge in [-0.25, -0.2) is 0 Å². The topological polar surface area (TPSA) is 41.6 Å². The number of carbonyl (C=O) groups is 1. The average Bonchev–Trinajstić information content (AvgIpc) is 2.45. The summed E-state index contributed by atoms with van der Waals surface area (Å²) in [6, 6.07) is 0.692. The number of likely N-dealkylation sites (N-methyl/N-ethyl adjacent to an activating group) is 1. The van der Waals surface area contributed by atoms with E-state index in [0.717, 1.165) is 13.0 Å². The summed E-state index contributed by atoms with van der Waals surface area (Å²) >= 11 is 0. The molecule has 0 aliphatic carbocycles. The Morgan fingerprint density at radius 2 is 2.16 bits per heavy atom. The number of esters is 1. The molecule has 4 nitrogen and oxygen atoms in total. The van der Waals surface area contributed by atoms with Crippen LogP contribution in [-0.2, 0) is 9.53 Å². The Morgan fingerprint density at radius 1 is 1.42 bits per heavy atom. The molecule has 0 saturated carbocycles. The van der Waals surface area contributed by atoms with Crippen LogP contribution in [0.2, 0.25) is 0 Å². The first-order valence-electron chi connectivity index (χ1n) is 7.67. The second-order valence-corrected chi connectivity index (χ2v) is 5.65. The normalized spacial score (nSPS) is 23.9. The summed E-state index contributed by atoms with van der Waals surface area (Å²) in [7, 11) is 1.84. The molecule has 2 atom stereocenters. The van der Waals surface area contributed by atoms with E-state index < -0.39 is 5.54 Å². The molecule has 0 amide bonds. The highest BCUT2D eigenvalue weighted by atomic mass is 16.5. The van der Waals surface area contributed by atoms with E-state index in [1.165, 1.54) is 32.2 Å². The molecule has 112 valence electrons. The molecule has 0 aromatic carbocycles. The second kappa shape index (κ2) is 7.85. The summed E-state index contributed by atoms with van der Waals surface area (Å²) in [6.45, 7) is 8.63. The van der Waals surface area contributed by atoms with Crippen LogP contribution in [0.4, 0.5) is 0 Å². The molecule has 0 radical (unpaired) electrons. The number of rotatable bonds is 7. The number of nitrogens with zero attached hydrogens (tertiary/aromatic N) is 1. The molecule has 1 N–H and O–H groups in total. The molecular formula is C15H30N2O2. The molecule has 4 heteroatoms. The Labute approximate surface area is 117 Å². The van der Waals surface area contributed by atoms with Gasteiger partial charge in [-0.2, -0.15) is 0 Å². The number of likely N-dealkylation sites (tertiary alicyclic amines) is 1. The zero-order chi connectivity index (χ0) is 14.3. The van der Waals surface area contributed by atoms with Gasteiger partial charge in [0, 0.05) is 12.6 Å². The molecule has 2 unspecified atom stereocenters. The van der Waals surface area contributed by atoms with Crippen molar-refractivity contribution in [3.8, 4) is 0 Å². The van der Waals surface area contributed by atoms with E-state index in [9.17, 15) is 4.79 Å². The average molecular weight is 270 g/mol. The van der Waals surface area contributed by atoms with Crippen LogP contribution in [0.15, 0.2) is 0 Å². The Kier molecular flexibility index (Phi) is 6.80. The van der Waals surface area contributed by atoms with Crippen LogP contribution in [0.5, 0.6) is 0 Å². The molecule has 1 saturated heterocycles. The molecule has 1 rings (SSSR count). The summed E-state index contributed by atoms with van der Waals surface area (Å²) in [5.74, 6) is -0.137. The molecule has 1 aliphatic heterocycles. The van der Waals surface area contributed by atoms with Crippen molar-refractivity contribution in [2.24, 2.45) is 0 Å². The first kappa shape index (κ1) is 16.4. The van der Waals surface area contributed by atoms with Gasteiger partial charge in [0.2, 0.25) is 0 Å². The lowest BCUT2D eigenvalue weighted by molar-refractivity contribution is -0.150. The van der Waals surface area contributed by atoms with Crippen molar-refractivity contribution in [1.29, 1.82) is 0 Å². The van der Waals surface area contributed by atoms with Crippen molar-refractivity contribution in [3.05, 3.63) is 0 Å². The lowest BCUT2D eigenvalue weighted by Crippen LogP contribution is -2.52. The maximum absolute atomic E-state index is 12.0. The predicted octanol–water partition coefficient (Wildman–Crippen LogP) is 2.18. The molecule has 0 bridgehead atoms. The van der Waals surface area contributed by atoms with Crippen molar-refractivity contribution in [2.45, 2.75) is 64.5 Å². The first-order valence-corrected chi connectivity index (χ1v) is 7.67. The minimum atomic E-state index is -0.564. The molecule has 19 heavy (non-hydrogen) atoms. The first-order chi connectivity index (χ1) is 9.07. The van der Waals surface area contributed by atoms with Gasteiger partial charge in [0.1, 0.15) is 5.54 Å². The number of hydrogen-bond acceptors (Lipinski definition) is 4. The largest absolute Gasteiger partial charge is 0.465 e. The van der Waals surface area contributed by atoms with E-state index in [0.29, 0.717) is 12.6 Å². The van der Waals surface area contributed by atoms with Crippen molar-refractivity contribution >= 4 is 5.97 Å². The number of hydrogen-bond donors (Lipinski definition) is 1. The lowest BCUT2D eigenvalue weighted by atomic mass is 9.95. The fourth-order valence-electron chi connectivity index (χ4n) is 2.80. The lowest BCUT2D eigenvalue weighted by Gasteiger charge is -2.37. The fourth-order valence-corrected chi connectivity index (χ4v) is 2.80. The van der Waals surface area contributed by atoms with Crippen LogP contribution in [0.3, 0.4) is 0 Å². The zero-order valence-electron chi connectivity index (χ0n) is 13.0. The summed E-state index contributed by atoms with van der Waals surface area (Å²) < 4.78 is 5.17. The molecule has 0 aromatic heterocycles. The van der Waals surface area contributed by atoms with Gasteiger partial charge in [-0.1, -0.05) is 13.3 Å². The smallest absolute Gasteiger partial charge is 0.326 e. The number of ether oxygens (including phenoxy) is 1. The molecule has 1 fully saturated rings. The van der Waals surface area contributed by atoms with E-state index in [1.54, 1.807) is 0 Å². The van der Waals surface area contributed by atoms with Crippen LogP contribution in [0, 0.1) is 0 Å². The highest BCUT2D eigenvalue weighted by Crippen LogP contribution is 2.21. The van der Waals surface area contributed by atoms with Crippen molar-refractivity contribution in [3.63, 3.8) is 0 Å². The zero-order valence-corrected chi connectivity index (χ0v) is 13.0. The van der Waals surface area contributed by atoms with Gasteiger partial charge in [-0.3, -0.25) is 4.79 Å². The standard InChI is InChI=1S/C15H30N2O2/c1-5-13-9-7-8-11-17(13)12-10-15(3,16-4)14(18)19-6-2/h13,16H,5-12H2,1-4H3. The minimum Gasteiger partial charge on any atom is -0.465 e. The van der Waals surface area contributed by atoms with Crippen LogP contribution < -0.4 is 5.32 Å². The Hall–Kier alpha value is -0.610. The number of piperidine rings is 1. The molecule has 0 spiro atoms. The van der Waals surface area contributed by atoms with Crippen LogP contribution >= 0.6 is 0 Å². The van der Waals surface area contributed by atoms with E-state index in [1.807, 2.05) is 20.9 Å². The summed E-state index contributed by atoms with van der Waals surface area (Å²) in [5, 5.41) is 3.13. The van der Waals surface area contributed by atoms with Crippen molar-refractivity contribution in [2.75, 3.05) is 26.7 Å². The summed E-state index contributed by atoms with van der Waals surface area (Å²) in [5.41, 5.74) is -0.564. The Morgan fingerprint density at radius 3 is 2.74 bits per heavy atom. The van der Waals surface area contributed by atoms with Crippen molar-refractivity contribution < 1.29 is 9.53 Å². The molecule has 1 heterocycles. The van der Waals surface area contributed by atoms with Crippen molar-refractivity contribution in [1.82, 2.24) is 10.2 Å². The van der Waals surface area contributed by atoms with Gasteiger partial charge in [-0.05, 0) is 53.1 Å². The van der Waals surface area contributed by atoms with E-state index >= 15 is 0 Å². The number of carbonyl (C=O) groups excluding carboxylic acids is 1. The Bertz CT molecular complexity index is 283. The van der Waals surface area contributed by atoms with Gasteiger partial charge >= 0.3 is 5.97 Å². The SMILES string of the molecule is CCOC(=O)C(C)(CCN1CCCCC1CC)NC. The molecular weight excluding hydrogens is 240 g/mol. The maximum Gasteiger partial charge on any atom is 0.326 e. The van der Waals surface area contributed by atoms with Gasteiger partial charge in [-0.15, -0.1) is 0 Å². The molecule has 1 aliphatic rings. The second-order valence-electron chi connectivity index (χ2n) is 5.65. The third-order valence-electron chi connectivity index (χ3n) is 4.40. The quantitative estimate of drug-likeness (QED) is 0.720.